The summed E-state index contributed by atoms with van der Waals surface area (Å²) in [5, 5.41) is 0. The summed E-state index contributed by atoms with van der Waals surface area (Å²) >= 11 is 0. The largest absolute Gasteiger partial charge is 0.306 e. The molecule has 22 heavy (non-hydrogen) atoms. The van der Waals surface area contributed by atoms with Gasteiger partial charge in [0.2, 0.25) is 0 Å². The van der Waals surface area contributed by atoms with Crippen molar-refractivity contribution in [2.75, 3.05) is 20.1 Å². The second-order valence-electron chi connectivity index (χ2n) is 7.85. The van der Waals surface area contributed by atoms with Crippen molar-refractivity contribution in [1.82, 2.24) is 4.90 Å². The van der Waals surface area contributed by atoms with Crippen LogP contribution in [0.15, 0.2) is 0 Å². The average molecular weight is 312 g/mol. The Hall–Kier alpha value is -0.0400. The molecule has 0 aromatic heterocycles. The highest BCUT2D eigenvalue weighted by Crippen LogP contribution is 2.22. The summed E-state index contributed by atoms with van der Waals surface area (Å²) in [6, 6.07) is 0. The van der Waals surface area contributed by atoms with Crippen molar-refractivity contribution in [2.45, 2.75) is 105 Å². The number of rotatable bonds is 0. The molecule has 2 saturated carbocycles. The standard InChI is InChI=1S/2C7H14.C6H13N.CH4/c3*1-7-5-3-2-4-6-7;/h2*7H,2-6H2,1H3;2-6H2,1H3;1H4. The van der Waals surface area contributed by atoms with Gasteiger partial charge in [0.05, 0.1) is 0 Å². The van der Waals surface area contributed by atoms with E-state index < -0.39 is 0 Å². The third kappa shape index (κ3) is 12.5. The lowest BCUT2D eigenvalue weighted by Gasteiger charge is -2.20. The molecule has 1 nitrogen and oxygen atoms in total. The smallest absolute Gasteiger partial charge is 0.00218 e. The molecule has 0 aromatic rings. The molecule has 3 fully saturated rings. The first-order valence-corrected chi connectivity index (χ1v) is 9.87. The lowest BCUT2D eigenvalue weighted by atomic mass is 9.91. The predicted molar refractivity (Wildman–Crippen MR) is 103 cm³/mol. The first kappa shape index (κ1) is 22.0. The van der Waals surface area contributed by atoms with E-state index in [1.807, 2.05) is 0 Å². The fourth-order valence-corrected chi connectivity index (χ4v) is 3.67. The molecule has 1 heterocycles. The van der Waals surface area contributed by atoms with Crippen LogP contribution in [0.3, 0.4) is 0 Å². The number of nitrogens with zero attached hydrogens (tertiary/aromatic N) is 1. The van der Waals surface area contributed by atoms with E-state index >= 15 is 0 Å². The summed E-state index contributed by atoms with van der Waals surface area (Å²) in [5.74, 6) is 2.07. The summed E-state index contributed by atoms with van der Waals surface area (Å²) in [5.41, 5.74) is 0. The summed E-state index contributed by atoms with van der Waals surface area (Å²) in [4.78, 5) is 2.39. The van der Waals surface area contributed by atoms with Gasteiger partial charge < -0.3 is 4.90 Å². The van der Waals surface area contributed by atoms with Crippen LogP contribution in [-0.4, -0.2) is 25.0 Å². The Morgan fingerprint density at radius 1 is 0.545 bits per heavy atom. The van der Waals surface area contributed by atoms with Gasteiger partial charge in [-0.1, -0.05) is 91.9 Å². The lowest BCUT2D eigenvalue weighted by molar-refractivity contribution is 0.277. The number of likely N-dealkylation sites (tertiary alicyclic amines) is 1. The van der Waals surface area contributed by atoms with Gasteiger partial charge in [-0.2, -0.15) is 0 Å². The minimum absolute atomic E-state index is 0. The molecular weight excluding hydrogens is 266 g/mol. The molecule has 0 unspecified atom stereocenters. The van der Waals surface area contributed by atoms with E-state index in [-0.39, 0.29) is 7.43 Å². The number of hydrogen-bond acceptors (Lipinski definition) is 1. The molecule has 0 amide bonds. The predicted octanol–water partition coefficient (Wildman–Crippen LogP) is 6.91. The van der Waals surface area contributed by atoms with Gasteiger partial charge in [0, 0.05) is 0 Å². The van der Waals surface area contributed by atoms with Gasteiger partial charge in [-0.15, -0.1) is 0 Å². The molecule has 0 aromatic carbocycles. The Morgan fingerprint density at radius 3 is 1.05 bits per heavy atom. The van der Waals surface area contributed by atoms with Crippen molar-refractivity contribution in [2.24, 2.45) is 11.8 Å². The van der Waals surface area contributed by atoms with E-state index in [0.29, 0.717) is 0 Å². The van der Waals surface area contributed by atoms with Crippen LogP contribution >= 0.6 is 0 Å². The van der Waals surface area contributed by atoms with Gasteiger partial charge in [0.1, 0.15) is 0 Å². The van der Waals surface area contributed by atoms with Crippen molar-refractivity contribution in [3.8, 4) is 0 Å². The molecule has 0 atom stereocenters. The monoisotopic (exact) mass is 311 g/mol. The summed E-state index contributed by atoms with van der Waals surface area (Å²) in [6.45, 7) is 7.36. The van der Waals surface area contributed by atoms with Gasteiger partial charge in [0.25, 0.3) is 0 Å². The Labute approximate surface area is 142 Å². The van der Waals surface area contributed by atoms with Crippen LogP contribution in [0.1, 0.15) is 105 Å². The van der Waals surface area contributed by atoms with Crippen molar-refractivity contribution in [1.29, 1.82) is 0 Å². The normalized spacial score (nSPS) is 24.1. The Kier molecular flexibility index (Phi) is 14.5. The van der Waals surface area contributed by atoms with E-state index in [1.54, 1.807) is 0 Å². The molecule has 2 aliphatic carbocycles. The zero-order valence-electron chi connectivity index (χ0n) is 15.2. The molecule has 3 rings (SSSR count). The van der Waals surface area contributed by atoms with Crippen LogP contribution in [0.2, 0.25) is 0 Å². The average Bonchev–Trinajstić information content (AvgIpc) is 2.51. The molecule has 3 aliphatic rings. The first-order valence-electron chi connectivity index (χ1n) is 9.87. The molecule has 1 heteroatoms. The van der Waals surface area contributed by atoms with Crippen LogP contribution in [0.5, 0.6) is 0 Å². The van der Waals surface area contributed by atoms with Crippen molar-refractivity contribution >= 4 is 0 Å². The van der Waals surface area contributed by atoms with Crippen LogP contribution in [-0.2, 0) is 0 Å². The van der Waals surface area contributed by atoms with Crippen molar-refractivity contribution in [3.63, 3.8) is 0 Å². The highest BCUT2D eigenvalue weighted by molar-refractivity contribution is 4.60. The summed E-state index contributed by atoms with van der Waals surface area (Å²) in [7, 11) is 2.19. The zero-order chi connectivity index (χ0) is 15.3. The topological polar surface area (TPSA) is 3.24 Å². The fourth-order valence-electron chi connectivity index (χ4n) is 3.67. The van der Waals surface area contributed by atoms with Crippen molar-refractivity contribution in [3.05, 3.63) is 0 Å². The third-order valence-electron chi connectivity index (χ3n) is 5.37. The SMILES string of the molecule is C.CC1CCCCC1.CC1CCCCC1.CN1CCCCC1. The van der Waals surface area contributed by atoms with Gasteiger partial charge in [-0.05, 0) is 44.8 Å². The maximum atomic E-state index is 2.39. The van der Waals surface area contributed by atoms with E-state index in [0.717, 1.165) is 11.8 Å². The quantitative estimate of drug-likeness (QED) is 0.469. The Balaban J connectivity index is 0.000000294. The van der Waals surface area contributed by atoms with E-state index in [1.165, 1.54) is 96.6 Å². The van der Waals surface area contributed by atoms with Crippen LogP contribution in [0, 0.1) is 11.8 Å². The maximum Gasteiger partial charge on any atom is -0.00218 e. The maximum absolute atomic E-state index is 2.39. The minimum atomic E-state index is 0. The number of hydrogen-bond donors (Lipinski definition) is 0. The minimum Gasteiger partial charge on any atom is -0.306 e. The second-order valence-corrected chi connectivity index (χ2v) is 7.85. The van der Waals surface area contributed by atoms with Crippen LogP contribution < -0.4 is 0 Å². The molecular formula is C21H45N. The Morgan fingerprint density at radius 2 is 0.864 bits per heavy atom. The molecule has 0 radical (unpaired) electrons. The highest BCUT2D eigenvalue weighted by Gasteiger charge is 2.06. The van der Waals surface area contributed by atoms with Crippen molar-refractivity contribution < 1.29 is 0 Å². The van der Waals surface area contributed by atoms with E-state index in [4.69, 9.17) is 0 Å². The van der Waals surface area contributed by atoms with Gasteiger partial charge in [-0.25, -0.2) is 0 Å². The Bertz CT molecular complexity index is 170. The third-order valence-corrected chi connectivity index (χ3v) is 5.37. The first-order chi connectivity index (χ1) is 10.2. The lowest BCUT2D eigenvalue weighted by Crippen LogP contribution is -2.24. The van der Waals surface area contributed by atoms with E-state index in [2.05, 4.69) is 25.8 Å². The van der Waals surface area contributed by atoms with E-state index in [9.17, 15) is 0 Å². The summed E-state index contributed by atoms with van der Waals surface area (Å²) in [6.07, 6.45) is 19.1. The van der Waals surface area contributed by atoms with Crippen LogP contribution in [0.25, 0.3) is 0 Å². The number of piperidine rings is 1. The second kappa shape index (κ2) is 14.5. The fraction of sp³-hybridized carbons (Fsp3) is 1.00. The molecule has 1 saturated heterocycles. The molecule has 0 bridgehead atoms. The summed E-state index contributed by atoms with van der Waals surface area (Å²) < 4.78 is 0. The highest BCUT2D eigenvalue weighted by atomic mass is 15.1. The molecule has 134 valence electrons. The van der Waals surface area contributed by atoms with Gasteiger partial charge >= 0.3 is 0 Å². The molecule has 0 N–H and O–H groups in total. The molecule has 1 aliphatic heterocycles. The van der Waals surface area contributed by atoms with Gasteiger partial charge in [0.15, 0.2) is 0 Å². The van der Waals surface area contributed by atoms with Crippen LogP contribution in [0.4, 0.5) is 0 Å². The zero-order valence-corrected chi connectivity index (χ0v) is 15.2. The van der Waals surface area contributed by atoms with Gasteiger partial charge in [-0.3, -0.25) is 0 Å². The molecule has 0 spiro atoms.